The number of sulfonamides is 1. The van der Waals surface area contributed by atoms with Crippen LogP contribution in [0.2, 0.25) is 0 Å². The quantitative estimate of drug-likeness (QED) is 0.554. The number of nitrogens with zero attached hydrogens (tertiary/aromatic N) is 3. The average molecular weight is 483 g/mol. The predicted molar refractivity (Wildman–Crippen MR) is 128 cm³/mol. The zero-order chi connectivity index (χ0) is 24.3. The molecular formula is C24H26N4O5S. The van der Waals surface area contributed by atoms with E-state index >= 15 is 0 Å². The summed E-state index contributed by atoms with van der Waals surface area (Å²) in [6.07, 6.45) is 1.70. The predicted octanol–water partition coefficient (Wildman–Crippen LogP) is 2.65. The van der Waals surface area contributed by atoms with Gasteiger partial charge in [0, 0.05) is 30.4 Å². The van der Waals surface area contributed by atoms with Crippen LogP contribution in [0.3, 0.4) is 0 Å². The highest BCUT2D eigenvalue weighted by molar-refractivity contribution is 7.89. The normalized spacial score (nSPS) is 14.2. The smallest absolute Gasteiger partial charge is 0.267 e. The number of aromatic nitrogens is 2. The van der Waals surface area contributed by atoms with Crippen molar-refractivity contribution in [3.05, 3.63) is 70.5 Å². The van der Waals surface area contributed by atoms with Crippen LogP contribution in [0, 0.1) is 6.92 Å². The average Bonchev–Trinajstić information content (AvgIpc) is 3.37. The van der Waals surface area contributed by atoms with Crippen LogP contribution in [0.15, 0.2) is 64.3 Å². The van der Waals surface area contributed by atoms with Gasteiger partial charge in [-0.25, -0.2) is 13.1 Å². The minimum atomic E-state index is -3.61. The Bertz CT molecular complexity index is 1360. The number of amides is 1. The van der Waals surface area contributed by atoms with Crippen molar-refractivity contribution >= 4 is 21.6 Å². The molecule has 1 saturated heterocycles. The van der Waals surface area contributed by atoms with Gasteiger partial charge in [0.1, 0.15) is 12.3 Å². The Labute approximate surface area is 198 Å². The Morgan fingerprint density at radius 3 is 2.44 bits per heavy atom. The summed E-state index contributed by atoms with van der Waals surface area (Å²) in [6, 6.07) is 14.7. The highest BCUT2D eigenvalue weighted by Crippen LogP contribution is 2.27. The van der Waals surface area contributed by atoms with E-state index in [4.69, 9.17) is 4.74 Å². The standard InChI is InChI=1S/C24H26N4O5S/c1-17-5-6-18(15-22(17)34(31,32)27-13-3-4-14-27)21-11-12-24(30)28(26-21)16-23(29)25-19-7-9-20(33-2)10-8-19/h5-12,15H,3-4,13-14,16H2,1-2H3,(H,25,29). The third kappa shape index (κ3) is 5.02. The fourth-order valence-electron chi connectivity index (χ4n) is 3.83. The number of nitrogens with one attached hydrogen (secondary N) is 1. The summed E-state index contributed by atoms with van der Waals surface area (Å²) < 4.78 is 33.9. The van der Waals surface area contributed by atoms with Crippen molar-refractivity contribution < 1.29 is 17.9 Å². The summed E-state index contributed by atoms with van der Waals surface area (Å²) in [4.78, 5) is 25.0. The van der Waals surface area contributed by atoms with Crippen LogP contribution in [0.4, 0.5) is 5.69 Å². The van der Waals surface area contributed by atoms with E-state index < -0.39 is 21.5 Å². The van der Waals surface area contributed by atoms with Gasteiger partial charge in [-0.3, -0.25) is 9.59 Å². The highest BCUT2D eigenvalue weighted by atomic mass is 32.2. The molecular weight excluding hydrogens is 456 g/mol. The first kappa shape index (κ1) is 23.7. The second-order valence-corrected chi connectivity index (χ2v) is 9.99. The molecule has 1 fully saturated rings. The molecule has 4 rings (SSSR count). The van der Waals surface area contributed by atoms with Crippen LogP contribution < -0.4 is 15.6 Å². The molecule has 0 unspecified atom stereocenters. The number of carbonyl (C=O) groups is 1. The van der Waals surface area contributed by atoms with Gasteiger partial charge in [0.2, 0.25) is 15.9 Å². The number of anilines is 1. The molecule has 1 N–H and O–H groups in total. The third-order valence-electron chi connectivity index (χ3n) is 5.70. The lowest BCUT2D eigenvalue weighted by molar-refractivity contribution is -0.117. The van der Waals surface area contributed by atoms with Crippen molar-refractivity contribution in [1.82, 2.24) is 14.1 Å². The minimum Gasteiger partial charge on any atom is -0.497 e. The Hall–Kier alpha value is -3.50. The molecule has 1 amide bonds. The molecule has 0 bridgehead atoms. The van der Waals surface area contributed by atoms with Crippen LogP contribution in [-0.4, -0.2) is 48.6 Å². The molecule has 1 aromatic heterocycles. The monoisotopic (exact) mass is 482 g/mol. The summed E-state index contributed by atoms with van der Waals surface area (Å²) in [5, 5.41) is 7.03. The first-order chi connectivity index (χ1) is 16.3. The molecule has 0 atom stereocenters. The van der Waals surface area contributed by atoms with Crippen molar-refractivity contribution in [2.24, 2.45) is 0 Å². The zero-order valence-electron chi connectivity index (χ0n) is 19.0. The number of carbonyl (C=O) groups excluding carboxylic acids is 1. The van der Waals surface area contributed by atoms with Crippen molar-refractivity contribution in [2.75, 3.05) is 25.5 Å². The van der Waals surface area contributed by atoms with E-state index in [1.165, 1.54) is 16.4 Å². The first-order valence-electron chi connectivity index (χ1n) is 10.9. The minimum absolute atomic E-state index is 0.226. The number of hydrogen-bond acceptors (Lipinski definition) is 6. The second kappa shape index (κ2) is 9.78. The van der Waals surface area contributed by atoms with Gasteiger partial charge in [0.05, 0.1) is 17.7 Å². The van der Waals surface area contributed by atoms with E-state index in [0.29, 0.717) is 41.3 Å². The van der Waals surface area contributed by atoms with E-state index in [-0.39, 0.29) is 11.4 Å². The number of aryl methyl sites for hydroxylation is 1. The molecule has 34 heavy (non-hydrogen) atoms. The molecule has 10 heteroatoms. The Morgan fingerprint density at radius 2 is 1.76 bits per heavy atom. The van der Waals surface area contributed by atoms with Crippen molar-refractivity contribution in [1.29, 1.82) is 0 Å². The lowest BCUT2D eigenvalue weighted by Crippen LogP contribution is -2.29. The van der Waals surface area contributed by atoms with Gasteiger partial charge < -0.3 is 10.1 Å². The van der Waals surface area contributed by atoms with Gasteiger partial charge >= 0.3 is 0 Å². The number of methoxy groups -OCH3 is 1. The largest absolute Gasteiger partial charge is 0.497 e. The van der Waals surface area contributed by atoms with Crippen LogP contribution in [0.1, 0.15) is 18.4 Å². The molecule has 0 radical (unpaired) electrons. The Morgan fingerprint density at radius 1 is 1.06 bits per heavy atom. The van der Waals surface area contributed by atoms with E-state index in [1.54, 1.807) is 56.5 Å². The molecule has 1 aliphatic heterocycles. The highest BCUT2D eigenvalue weighted by Gasteiger charge is 2.28. The maximum absolute atomic E-state index is 13.1. The molecule has 2 aromatic carbocycles. The van der Waals surface area contributed by atoms with E-state index in [9.17, 15) is 18.0 Å². The van der Waals surface area contributed by atoms with Crippen LogP contribution in [0.5, 0.6) is 5.75 Å². The third-order valence-corrected chi connectivity index (χ3v) is 7.74. The zero-order valence-corrected chi connectivity index (χ0v) is 19.8. The molecule has 0 aliphatic carbocycles. The van der Waals surface area contributed by atoms with Crippen molar-refractivity contribution in [2.45, 2.75) is 31.2 Å². The number of ether oxygens (including phenoxy) is 1. The summed E-state index contributed by atoms with van der Waals surface area (Å²) in [7, 11) is -2.06. The van der Waals surface area contributed by atoms with Crippen LogP contribution >= 0.6 is 0 Å². The fourth-order valence-corrected chi connectivity index (χ4v) is 5.60. The van der Waals surface area contributed by atoms with E-state index in [1.807, 2.05) is 0 Å². The Balaban J connectivity index is 1.58. The Kier molecular flexibility index (Phi) is 6.80. The molecule has 2 heterocycles. The lowest BCUT2D eigenvalue weighted by Gasteiger charge is -2.18. The molecule has 0 saturated carbocycles. The van der Waals surface area contributed by atoms with Gasteiger partial charge in [-0.15, -0.1) is 0 Å². The number of rotatable bonds is 7. The maximum atomic E-state index is 13.1. The fraction of sp³-hybridized carbons (Fsp3) is 0.292. The number of benzene rings is 2. The second-order valence-electron chi connectivity index (χ2n) is 8.08. The maximum Gasteiger partial charge on any atom is 0.267 e. The van der Waals surface area contributed by atoms with Crippen molar-refractivity contribution in [3.8, 4) is 17.0 Å². The van der Waals surface area contributed by atoms with Gasteiger partial charge in [-0.2, -0.15) is 9.40 Å². The van der Waals surface area contributed by atoms with Gasteiger partial charge in [0.25, 0.3) is 5.56 Å². The first-order valence-corrected chi connectivity index (χ1v) is 12.4. The molecule has 1 aliphatic rings. The SMILES string of the molecule is COc1ccc(NC(=O)Cn2nc(-c3ccc(C)c(S(=O)(=O)N4CCCC4)c3)ccc2=O)cc1. The molecule has 3 aromatic rings. The molecule has 9 nitrogen and oxygen atoms in total. The van der Waals surface area contributed by atoms with Gasteiger partial charge in [-0.05, 0) is 61.7 Å². The topological polar surface area (TPSA) is 111 Å². The van der Waals surface area contributed by atoms with Crippen LogP contribution in [0.25, 0.3) is 11.3 Å². The molecule has 0 spiro atoms. The summed E-state index contributed by atoms with van der Waals surface area (Å²) in [5.74, 6) is 0.242. The van der Waals surface area contributed by atoms with E-state index in [2.05, 4.69) is 10.4 Å². The summed E-state index contributed by atoms with van der Waals surface area (Å²) >= 11 is 0. The summed E-state index contributed by atoms with van der Waals surface area (Å²) in [6.45, 7) is 2.49. The van der Waals surface area contributed by atoms with Gasteiger partial charge in [-0.1, -0.05) is 12.1 Å². The molecule has 178 valence electrons. The lowest BCUT2D eigenvalue weighted by atomic mass is 10.1. The summed E-state index contributed by atoms with van der Waals surface area (Å²) in [5.41, 5.74) is 1.71. The number of hydrogen-bond donors (Lipinski definition) is 1. The van der Waals surface area contributed by atoms with E-state index in [0.717, 1.165) is 17.5 Å². The van der Waals surface area contributed by atoms with Gasteiger partial charge in [0.15, 0.2) is 0 Å². The van der Waals surface area contributed by atoms with Crippen molar-refractivity contribution in [3.63, 3.8) is 0 Å². The van der Waals surface area contributed by atoms with Crippen LogP contribution in [-0.2, 0) is 21.4 Å².